The van der Waals surface area contributed by atoms with Crippen LogP contribution in [0.25, 0.3) is 10.8 Å². The Morgan fingerprint density at radius 2 is 1.48 bits per heavy atom. The lowest BCUT2D eigenvalue weighted by Gasteiger charge is -2.13. The van der Waals surface area contributed by atoms with E-state index in [-0.39, 0.29) is 5.39 Å². The molecule has 0 saturated carbocycles. The minimum atomic E-state index is -5.70. The van der Waals surface area contributed by atoms with E-state index in [9.17, 15) is 21.6 Å². The van der Waals surface area contributed by atoms with Gasteiger partial charge in [-0.15, -0.1) is 0 Å². The average Bonchev–Trinajstić information content (AvgIpc) is 3.14. The first kappa shape index (κ1) is 19.7. The third-order valence-electron chi connectivity index (χ3n) is 3.37. The first-order valence-corrected chi connectivity index (χ1v) is 9.97. The van der Waals surface area contributed by atoms with Crippen molar-refractivity contribution in [3.63, 3.8) is 0 Å². The van der Waals surface area contributed by atoms with Gasteiger partial charge in [0.15, 0.2) is 5.75 Å². The van der Waals surface area contributed by atoms with Crippen LogP contribution in [0.2, 0.25) is 0 Å². The number of hydrogen-bond donors (Lipinski definition) is 0. The molecule has 1 fully saturated rings. The zero-order chi connectivity index (χ0) is 18.5. The summed E-state index contributed by atoms with van der Waals surface area (Å²) in [7, 11) is -4.31. The zero-order valence-corrected chi connectivity index (χ0v) is 15.0. The topological polar surface area (TPSA) is 52.6 Å². The van der Waals surface area contributed by atoms with Crippen LogP contribution in [0.5, 0.6) is 11.5 Å². The standard InChI is InChI=1S/C12H9F3O4S.C4H8S/c1-18-10-6-7-11(9-5-3-2-4-8(9)10)19-20(16,17)12(13,14)15;1-2-4-5-3-1/h2-7H,1H3;1-4H2. The van der Waals surface area contributed by atoms with Crippen molar-refractivity contribution in [1.82, 2.24) is 0 Å². The van der Waals surface area contributed by atoms with Crippen molar-refractivity contribution in [2.45, 2.75) is 18.3 Å². The second-order valence-corrected chi connectivity index (χ2v) is 7.88. The van der Waals surface area contributed by atoms with Gasteiger partial charge in [0, 0.05) is 10.8 Å². The van der Waals surface area contributed by atoms with Crippen LogP contribution in [-0.2, 0) is 10.1 Å². The smallest absolute Gasteiger partial charge is 0.496 e. The SMILES string of the molecule is C1CCSC1.COc1ccc(OS(=O)(=O)C(F)(F)F)c2ccccc12. The fourth-order valence-corrected chi connectivity index (χ4v) is 3.67. The Bertz CT molecular complexity index is 808. The molecule has 0 unspecified atom stereocenters. The lowest BCUT2D eigenvalue weighted by atomic mass is 10.1. The molecule has 25 heavy (non-hydrogen) atoms. The molecule has 1 heterocycles. The first-order chi connectivity index (χ1) is 11.8. The Kier molecular flexibility index (Phi) is 6.45. The Labute approximate surface area is 148 Å². The van der Waals surface area contributed by atoms with Gasteiger partial charge in [-0.25, -0.2) is 0 Å². The van der Waals surface area contributed by atoms with Gasteiger partial charge in [0.25, 0.3) is 0 Å². The first-order valence-electron chi connectivity index (χ1n) is 7.40. The number of hydrogen-bond acceptors (Lipinski definition) is 5. The predicted octanol–water partition coefficient (Wildman–Crippen LogP) is 4.59. The number of alkyl halides is 3. The maximum atomic E-state index is 12.3. The largest absolute Gasteiger partial charge is 0.534 e. The zero-order valence-electron chi connectivity index (χ0n) is 13.4. The lowest BCUT2D eigenvalue weighted by Crippen LogP contribution is -2.28. The third kappa shape index (κ3) is 4.94. The molecule has 2 aromatic carbocycles. The molecule has 0 atom stereocenters. The van der Waals surface area contributed by atoms with Gasteiger partial charge in [0.05, 0.1) is 7.11 Å². The van der Waals surface area contributed by atoms with E-state index in [0.29, 0.717) is 11.1 Å². The quantitative estimate of drug-likeness (QED) is 0.563. The normalized spacial score (nSPS) is 14.7. The molecule has 3 rings (SSSR count). The van der Waals surface area contributed by atoms with Crippen molar-refractivity contribution >= 4 is 32.7 Å². The van der Waals surface area contributed by atoms with Gasteiger partial charge < -0.3 is 8.92 Å². The van der Waals surface area contributed by atoms with Crippen molar-refractivity contribution in [3.8, 4) is 11.5 Å². The summed E-state index contributed by atoms with van der Waals surface area (Å²) in [6.07, 6.45) is 2.93. The molecule has 0 N–H and O–H groups in total. The van der Waals surface area contributed by atoms with E-state index in [1.54, 1.807) is 18.2 Å². The number of ether oxygens (including phenoxy) is 1. The molecule has 0 aliphatic carbocycles. The van der Waals surface area contributed by atoms with E-state index >= 15 is 0 Å². The summed E-state index contributed by atoms with van der Waals surface area (Å²) in [5.41, 5.74) is -5.48. The maximum absolute atomic E-state index is 12.3. The van der Waals surface area contributed by atoms with Gasteiger partial charge in [0.2, 0.25) is 0 Å². The molecule has 138 valence electrons. The average molecular weight is 394 g/mol. The molecule has 0 spiro atoms. The van der Waals surface area contributed by atoms with Gasteiger partial charge in [-0.3, -0.25) is 0 Å². The molecule has 2 aromatic rings. The van der Waals surface area contributed by atoms with Crippen molar-refractivity contribution in [3.05, 3.63) is 36.4 Å². The van der Waals surface area contributed by atoms with Gasteiger partial charge >= 0.3 is 15.6 Å². The van der Waals surface area contributed by atoms with Gasteiger partial charge in [0.1, 0.15) is 5.75 Å². The van der Waals surface area contributed by atoms with Gasteiger partial charge in [-0.2, -0.15) is 33.4 Å². The Morgan fingerprint density at radius 1 is 0.960 bits per heavy atom. The Hall–Kier alpha value is -1.61. The Balaban J connectivity index is 0.000000386. The van der Waals surface area contributed by atoms with Crippen LogP contribution in [0.1, 0.15) is 12.8 Å². The highest BCUT2D eigenvalue weighted by Gasteiger charge is 2.48. The summed E-state index contributed by atoms with van der Waals surface area (Å²) in [5.74, 6) is 2.83. The summed E-state index contributed by atoms with van der Waals surface area (Å²) in [6, 6.07) is 8.68. The Morgan fingerprint density at radius 3 is 1.92 bits per heavy atom. The minimum Gasteiger partial charge on any atom is -0.496 e. The van der Waals surface area contributed by atoms with Crippen LogP contribution in [0.15, 0.2) is 36.4 Å². The number of thioether (sulfide) groups is 1. The summed E-state index contributed by atoms with van der Waals surface area (Å²) < 4.78 is 68.3. The van der Waals surface area contributed by atoms with Crippen LogP contribution in [0, 0.1) is 0 Å². The van der Waals surface area contributed by atoms with Gasteiger partial charge in [-0.1, -0.05) is 24.3 Å². The lowest BCUT2D eigenvalue weighted by molar-refractivity contribution is -0.0499. The highest BCUT2D eigenvalue weighted by atomic mass is 32.2. The fraction of sp³-hybridized carbons (Fsp3) is 0.375. The third-order valence-corrected chi connectivity index (χ3v) is 5.49. The van der Waals surface area contributed by atoms with Crippen LogP contribution in [-0.4, -0.2) is 32.5 Å². The minimum absolute atomic E-state index is 0.208. The monoisotopic (exact) mass is 394 g/mol. The highest BCUT2D eigenvalue weighted by Crippen LogP contribution is 2.35. The van der Waals surface area contributed by atoms with Crippen LogP contribution in [0.3, 0.4) is 0 Å². The number of benzene rings is 2. The van der Waals surface area contributed by atoms with E-state index in [2.05, 4.69) is 15.9 Å². The van der Waals surface area contributed by atoms with E-state index in [4.69, 9.17) is 4.74 Å². The molecule has 0 aromatic heterocycles. The van der Waals surface area contributed by atoms with E-state index in [1.807, 2.05) is 0 Å². The second kappa shape index (κ2) is 8.18. The summed E-state index contributed by atoms with van der Waals surface area (Å²) in [5, 5.41) is 0.657. The maximum Gasteiger partial charge on any atom is 0.534 e. The molecule has 1 aliphatic heterocycles. The molecule has 9 heteroatoms. The summed E-state index contributed by atoms with van der Waals surface area (Å²) >= 11 is 2.07. The van der Waals surface area contributed by atoms with Gasteiger partial charge in [-0.05, 0) is 36.5 Å². The number of fused-ring (bicyclic) bond motifs is 1. The summed E-state index contributed by atoms with van der Waals surface area (Å²) in [6.45, 7) is 0. The fourth-order valence-electron chi connectivity index (χ4n) is 2.17. The van der Waals surface area contributed by atoms with Crippen molar-refractivity contribution in [2.24, 2.45) is 0 Å². The van der Waals surface area contributed by atoms with Crippen molar-refractivity contribution in [2.75, 3.05) is 18.6 Å². The molecule has 1 saturated heterocycles. The van der Waals surface area contributed by atoms with E-state index in [1.165, 1.54) is 43.6 Å². The molecule has 0 radical (unpaired) electrons. The van der Waals surface area contributed by atoms with Crippen molar-refractivity contribution < 1.29 is 30.5 Å². The number of halogens is 3. The molecular formula is C16H17F3O4S2. The van der Waals surface area contributed by atoms with Crippen LogP contribution >= 0.6 is 11.8 Å². The molecule has 0 amide bonds. The molecule has 4 nitrogen and oxygen atoms in total. The van der Waals surface area contributed by atoms with E-state index in [0.717, 1.165) is 6.07 Å². The predicted molar refractivity (Wildman–Crippen MR) is 92.7 cm³/mol. The van der Waals surface area contributed by atoms with Crippen LogP contribution in [0.4, 0.5) is 13.2 Å². The second-order valence-electron chi connectivity index (χ2n) is 5.11. The number of methoxy groups -OCH3 is 1. The highest BCUT2D eigenvalue weighted by molar-refractivity contribution is 7.99. The molecular weight excluding hydrogens is 377 g/mol. The van der Waals surface area contributed by atoms with E-state index < -0.39 is 21.4 Å². The summed E-state index contributed by atoms with van der Waals surface area (Å²) in [4.78, 5) is 0. The number of rotatable bonds is 3. The van der Waals surface area contributed by atoms with Crippen molar-refractivity contribution in [1.29, 1.82) is 0 Å². The van der Waals surface area contributed by atoms with Crippen LogP contribution < -0.4 is 8.92 Å². The molecule has 1 aliphatic rings. The molecule has 0 bridgehead atoms.